The lowest BCUT2D eigenvalue weighted by Crippen LogP contribution is -2.55. The Morgan fingerprint density at radius 1 is 0.963 bits per heavy atom. The number of hydrogen-bond acceptors (Lipinski definition) is 1. The molecule has 0 saturated heterocycles. The first kappa shape index (κ1) is 21.7. The summed E-state index contributed by atoms with van der Waals surface area (Å²) >= 11 is 5.83. The Kier molecular flexibility index (Phi) is 6.55. The van der Waals surface area contributed by atoms with Crippen LogP contribution < -0.4 is 4.72 Å². The average Bonchev–Trinajstić information content (AvgIpc) is 2.58. The molecule has 7 heteroatoms. The highest BCUT2D eigenvalue weighted by Gasteiger charge is 2.56. The van der Waals surface area contributed by atoms with Gasteiger partial charge >= 0.3 is 6.18 Å². The van der Waals surface area contributed by atoms with Crippen LogP contribution in [0.25, 0.3) is 6.08 Å². The zero-order chi connectivity index (χ0) is 20.3. The molecule has 0 unspecified atom stereocenters. The molecular weight excluding hydrogens is 395 g/mol. The molecule has 1 N–H and O–H groups in total. The van der Waals surface area contributed by atoms with Gasteiger partial charge < -0.3 is 0 Å². The van der Waals surface area contributed by atoms with Gasteiger partial charge in [-0.2, -0.15) is 13.2 Å². The minimum atomic E-state index is -4.72. The maximum atomic E-state index is 14.3. The van der Waals surface area contributed by atoms with Crippen LogP contribution in [0.5, 0.6) is 0 Å². The molecule has 0 heterocycles. The molecular formula is C20H21ClF3NOS. The third kappa shape index (κ3) is 5.21. The molecule has 0 amide bonds. The highest BCUT2D eigenvalue weighted by Crippen LogP contribution is 2.41. The molecule has 2 nitrogen and oxygen atoms in total. The zero-order valence-electron chi connectivity index (χ0n) is 15.2. The minimum Gasteiger partial charge on any atom is -0.242 e. The van der Waals surface area contributed by atoms with Crippen molar-refractivity contribution in [1.82, 2.24) is 4.72 Å². The Morgan fingerprint density at radius 3 is 2.00 bits per heavy atom. The first-order valence-corrected chi connectivity index (χ1v) is 9.75. The molecule has 0 aliphatic rings. The maximum absolute atomic E-state index is 14.3. The summed E-state index contributed by atoms with van der Waals surface area (Å²) in [5, 5.41) is 0.490. The van der Waals surface area contributed by atoms with Crippen molar-refractivity contribution in [2.45, 2.75) is 37.2 Å². The van der Waals surface area contributed by atoms with E-state index in [0.29, 0.717) is 10.6 Å². The fraction of sp³-hybridized carbons (Fsp3) is 0.300. The maximum Gasteiger partial charge on any atom is 0.415 e. The summed E-state index contributed by atoms with van der Waals surface area (Å²) in [6.45, 7) is 4.85. The van der Waals surface area contributed by atoms with Gasteiger partial charge in [-0.3, -0.25) is 0 Å². The van der Waals surface area contributed by atoms with Gasteiger partial charge in [-0.1, -0.05) is 60.1 Å². The van der Waals surface area contributed by atoms with Crippen LogP contribution in [0.1, 0.15) is 31.9 Å². The molecule has 0 aliphatic heterocycles. The Bertz CT molecular complexity index is 814. The van der Waals surface area contributed by atoms with Crippen molar-refractivity contribution >= 4 is 28.7 Å². The number of rotatable bonds is 5. The van der Waals surface area contributed by atoms with Crippen LogP contribution in [0.4, 0.5) is 13.2 Å². The fourth-order valence-electron chi connectivity index (χ4n) is 2.30. The van der Waals surface area contributed by atoms with Crippen LogP contribution in [-0.2, 0) is 16.5 Å². The predicted octanol–water partition coefficient (Wildman–Crippen LogP) is 5.86. The molecule has 0 aliphatic carbocycles. The fourth-order valence-corrected chi connectivity index (χ4v) is 3.33. The Hall–Kier alpha value is -1.63. The van der Waals surface area contributed by atoms with Gasteiger partial charge in [0.05, 0.1) is 15.7 Å². The lowest BCUT2D eigenvalue weighted by Gasteiger charge is -2.36. The molecule has 27 heavy (non-hydrogen) atoms. The summed E-state index contributed by atoms with van der Waals surface area (Å²) in [5.74, 6) is 0. The van der Waals surface area contributed by atoms with Crippen LogP contribution in [0, 0.1) is 0 Å². The van der Waals surface area contributed by atoms with Gasteiger partial charge in [0.25, 0.3) is 0 Å². The number of hydrogen-bond donors (Lipinski definition) is 1. The summed E-state index contributed by atoms with van der Waals surface area (Å²) in [5.41, 5.74) is -2.10. The van der Waals surface area contributed by atoms with E-state index in [9.17, 15) is 17.4 Å². The molecule has 0 radical (unpaired) electrons. The quantitative estimate of drug-likeness (QED) is 0.650. The van der Waals surface area contributed by atoms with E-state index in [2.05, 4.69) is 4.72 Å². The summed E-state index contributed by atoms with van der Waals surface area (Å²) in [4.78, 5) is 0. The molecule has 0 spiro atoms. The van der Waals surface area contributed by atoms with Gasteiger partial charge in [0.15, 0.2) is 5.54 Å². The predicted molar refractivity (Wildman–Crippen MR) is 106 cm³/mol. The normalized spacial score (nSPS) is 16.3. The summed E-state index contributed by atoms with van der Waals surface area (Å²) in [6.07, 6.45) is -2.36. The van der Waals surface area contributed by atoms with Crippen LogP contribution in [0.3, 0.4) is 0 Å². The highest BCUT2D eigenvalue weighted by atomic mass is 35.5. The van der Waals surface area contributed by atoms with E-state index in [0.717, 1.165) is 6.08 Å². The van der Waals surface area contributed by atoms with E-state index >= 15 is 0 Å². The van der Waals surface area contributed by atoms with Crippen LogP contribution in [-0.4, -0.2) is 15.1 Å². The van der Waals surface area contributed by atoms with Crippen LogP contribution >= 0.6 is 11.6 Å². The van der Waals surface area contributed by atoms with Gasteiger partial charge in [-0.15, -0.1) is 0 Å². The van der Waals surface area contributed by atoms with Crippen LogP contribution in [0.15, 0.2) is 60.7 Å². The molecule has 2 rings (SSSR count). The summed E-state index contributed by atoms with van der Waals surface area (Å²) in [6, 6.07) is 13.8. The van der Waals surface area contributed by atoms with Crippen molar-refractivity contribution in [3.63, 3.8) is 0 Å². The van der Waals surface area contributed by atoms with Crippen molar-refractivity contribution < 1.29 is 17.4 Å². The van der Waals surface area contributed by atoms with Gasteiger partial charge in [0, 0.05) is 5.02 Å². The number of halogens is 4. The minimum absolute atomic E-state index is 0.0414. The number of benzene rings is 2. The third-order valence-electron chi connectivity index (χ3n) is 3.88. The van der Waals surface area contributed by atoms with E-state index < -0.39 is 27.4 Å². The first-order valence-electron chi connectivity index (χ1n) is 8.22. The Labute approximate surface area is 165 Å². The van der Waals surface area contributed by atoms with Gasteiger partial charge in [0.2, 0.25) is 0 Å². The monoisotopic (exact) mass is 415 g/mol. The van der Waals surface area contributed by atoms with Gasteiger partial charge in [0.1, 0.15) is 0 Å². The molecule has 2 atom stereocenters. The van der Waals surface area contributed by atoms with Crippen molar-refractivity contribution in [3.8, 4) is 0 Å². The van der Waals surface area contributed by atoms with E-state index in [1.807, 2.05) is 0 Å². The van der Waals surface area contributed by atoms with E-state index in [1.165, 1.54) is 30.3 Å². The summed E-state index contributed by atoms with van der Waals surface area (Å²) < 4.78 is 57.0. The second kappa shape index (κ2) is 8.17. The van der Waals surface area contributed by atoms with E-state index in [-0.39, 0.29) is 5.56 Å². The number of alkyl halides is 3. The second-order valence-electron chi connectivity index (χ2n) is 7.04. The van der Waals surface area contributed by atoms with Crippen molar-refractivity contribution in [2.75, 3.05) is 0 Å². The van der Waals surface area contributed by atoms with Gasteiger partial charge in [-0.05, 0) is 50.1 Å². The molecule has 2 aromatic rings. The smallest absolute Gasteiger partial charge is 0.242 e. The van der Waals surface area contributed by atoms with E-state index in [1.54, 1.807) is 51.1 Å². The topological polar surface area (TPSA) is 29.1 Å². The van der Waals surface area contributed by atoms with E-state index in [4.69, 9.17) is 11.6 Å². The molecule has 0 bridgehead atoms. The Morgan fingerprint density at radius 2 is 1.52 bits per heavy atom. The highest BCUT2D eigenvalue weighted by molar-refractivity contribution is 7.84. The molecule has 2 aromatic carbocycles. The van der Waals surface area contributed by atoms with Gasteiger partial charge in [-0.25, -0.2) is 8.93 Å². The average molecular weight is 416 g/mol. The Balaban J connectivity index is 2.60. The molecule has 0 aromatic heterocycles. The van der Waals surface area contributed by atoms with Crippen molar-refractivity contribution in [1.29, 1.82) is 0 Å². The SMILES string of the molecule is CC(C)(C)[S@](=O)N[C@](/C=C/c1ccc(Cl)cc1)(c1ccccc1)C(F)(F)F. The largest absolute Gasteiger partial charge is 0.415 e. The summed E-state index contributed by atoms with van der Waals surface area (Å²) in [7, 11) is -1.96. The van der Waals surface area contributed by atoms with Crippen molar-refractivity contribution in [2.24, 2.45) is 0 Å². The molecule has 146 valence electrons. The standard InChI is InChI=1S/C20H21ClF3NOS/c1-18(2,3)27(26)25-19(20(22,23)24,16-7-5-4-6-8-16)14-13-15-9-11-17(21)12-10-15/h4-14,25H,1-3H3/b14-13+/t19-,27+/m1/s1. The van der Waals surface area contributed by atoms with Crippen molar-refractivity contribution in [3.05, 3.63) is 76.8 Å². The second-order valence-corrected chi connectivity index (χ2v) is 9.44. The third-order valence-corrected chi connectivity index (χ3v) is 5.75. The van der Waals surface area contributed by atoms with Crippen LogP contribution in [0.2, 0.25) is 5.02 Å². The molecule has 0 saturated carbocycles. The molecule has 0 fully saturated rings. The first-order chi connectivity index (χ1) is 12.5. The number of nitrogens with one attached hydrogen (secondary N) is 1. The zero-order valence-corrected chi connectivity index (χ0v) is 16.8. The lowest BCUT2D eigenvalue weighted by molar-refractivity contribution is -0.179. The lowest BCUT2D eigenvalue weighted by atomic mass is 9.89.